The van der Waals surface area contributed by atoms with Gasteiger partial charge in [0.1, 0.15) is 5.83 Å². The maximum absolute atomic E-state index is 12.7. The molecule has 1 N–H and O–H groups in total. The van der Waals surface area contributed by atoms with E-state index >= 15 is 0 Å². The summed E-state index contributed by atoms with van der Waals surface area (Å²) in [5.41, 5.74) is 1.09. The van der Waals surface area contributed by atoms with Gasteiger partial charge < -0.3 is 5.32 Å². The summed E-state index contributed by atoms with van der Waals surface area (Å²) >= 11 is 5.71. The van der Waals surface area contributed by atoms with Gasteiger partial charge in [0.05, 0.1) is 0 Å². The van der Waals surface area contributed by atoms with Gasteiger partial charge in [0.15, 0.2) is 0 Å². The zero-order valence-corrected chi connectivity index (χ0v) is 7.45. The van der Waals surface area contributed by atoms with E-state index in [1.165, 1.54) is 0 Å². The Labute approximate surface area is 75.9 Å². The number of hydrogen-bond donors (Lipinski definition) is 1. The first-order valence-corrected chi connectivity index (χ1v) is 3.85. The fourth-order valence-electron chi connectivity index (χ4n) is 0.960. The first-order valence-electron chi connectivity index (χ1n) is 3.47. The molecule has 0 saturated heterocycles. The topological polar surface area (TPSA) is 12.0 Å². The Bertz CT molecular complexity index is 309. The van der Waals surface area contributed by atoms with Crippen molar-refractivity contribution in [3.63, 3.8) is 0 Å². The Morgan fingerprint density at radius 3 is 2.75 bits per heavy atom. The van der Waals surface area contributed by atoms with Crippen LogP contribution >= 0.6 is 11.6 Å². The van der Waals surface area contributed by atoms with Gasteiger partial charge >= 0.3 is 0 Å². The molecule has 0 unspecified atom stereocenters. The second-order valence-electron chi connectivity index (χ2n) is 2.34. The molecule has 1 rings (SSSR count). The summed E-state index contributed by atoms with van der Waals surface area (Å²) in [5, 5.41) is 3.41. The summed E-state index contributed by atoms with van der Waals surface area (Å²) in [6.45, 7) is 3.21. The molecule has 64 valence electrons. The van der Waals surface area contributed by atoms with Gasteiger partial charge in [0.25, 0.3) is 0 Å². The molecule has 1 nitrogen and oxygen atoms in total. The van der Waals surface area contributed by atoms with Crippen LogP contribution in [-0.4, -0.2) is 7.05 Å². The minimum Gasteiger partial charge on any atom is -0.388 e. The highest BCUT2D eigenvalue weighted by Crippen LogP contribution is 2.26. The molecule has 0 heterocycles. The fraction of sp³-hybridized carbons (Fsp3) is 0.111. The summed E-state index contributed by atoms with van der Waals surface area (Å²) in [4.78, 5) is 0. The van der Waals surface area contributed by atoms with E-state index in [1.807, 2.05) is 0 Å². The van der Waals surface area contributed by atoms with Gasteiger partial charge in [-0.25, -0.2) is 4.39 Å². The van der Waals surface area contributed by atoms with Crippen LogP contribution in [0.15, 0.2) is 24.8 Å². The van der Waals surface area contributed by atoms with Gasteiger partial charge in [-0.05, 0) is 18.2 Å². The first-order chi connectivity index (χ1) is 5.65. The largest absolute Gasteiger partial charge is 0.388 e. The predicted molar refractivity (Wildman–Crippen MR) is 51.1 cm³/mol. The maximum Gasteiger partial charge on any atom is 0.125 e. The van der Waals surface area contributed by atoms with Crippen molar-refractivity contribution < 1.29 is 4.39 Å². The van der Waals surface area contributed by atoms with Crippen LogP contribution in [0.3, 0.4) is 0 Å². The smallest absolute Gasteiger partial charge is 0.125 e. The first kappa shape index (κ1) is 9.07. The maximum atomic E-state index is 12.7. The molecular weight excluding hydrogens is 177 g/mol. The van der Waals surface area contributed by atoms with Crippen molar-refractivity contribution in [2.45, 2.75) is 0 Å². The van der Waals surface area contributed by atoms with E-state index in [0.717, 1.165) is 0 Å². The molecule has 0 aliphatic rings. The Morgan fingerprint density at radius 2 is 2.25 bits per heavy atom. The Hall–Kier alpha value is -1.02. The summed E-state index contributed by atoms with van der Waals surface area (Å²) in [7, 11) is 1.71. The lowest BCUT2D eigenvalue weighted by Crippen LogP contribution is -1.92. The molecule has 1 aromatic rings. The Morgan fingerprint density at radius 1 is 1.58 bits per heavy atom. The quantitative estimate of drug-likeness (QED) is 0.746. The van der Waals surface area contributed by atoms with Crippen LogP contribution in [-0.2, 0) is 0 Å². The van der Waals surface area contributed by atoms with Crippen LogP contribution in [0.5, 0.6) is 0 Å². The van der Waals surface area contributed by atoms with Gasteiger partial charge in [0.2, 0.25) is 0 Å². The van der Waals surface area contributed by atoms with Crippen molar-refractivity contribution in [1.29, 1.82) is 0 Å². The van der Waals surface area contributed by atoms with E-state index in [0.29, 0.717) is 16.3 Å². The molecule has 0 amide bonds. The molecule has 0 bridgehead atoms. The van der Waals surface area contributed by atoms with Gasteiger partial charge in [-0.15, -0.1) is 0 Å². The average molecular weight is 186 g/mol. The molecule has 1 aromatic carbocycles. The van der Waals surface area contributed by atoms with Crippen LogP contribution < -0.4 is 5.32 Å². The second-order valence-corrected chi connectivity index (χ2v) is 2.78. The highest BCUT2D eigenvalue weighted by molar-refractivity contribution is 6.30. The van der Waals surface area contributed by atoms with Crippen molar-refractivity contribution in [2.24, 2.45) is 0 Å². The fourth-order valence-corrected chi connectivity index (χ4v) is 1.13. The molecule has 0 spiro atoms. The van der Waals surface area contributed by atoms with E-state index in [2.05, 4.69) is 11.9 Å². The molecule has 0 atom stereocenters. The summed E-state index contributed by atoms with van der Waals surface area (Å²) in [5.74, 6) is -0.462. The van der Waals surface area contributed by atoms with Crippen molar-refractivity contribution in [3.8, 4) is 0 Å². The normalized spacial score (nSPS) is 9.58. The third kappa shape index (κ3) is 1.77. The van der Waals surface area contributed by atoms with E-state index in [-0.39, 0.29) is 0 Å². The molecule has 0 fully saturated rings. The highest BCUT2D eigenvalue weighted by Gasteiger charge is 2.03. The second kappa shape index (κ2) is 3.59. The van der Waals surface area contributed by atoms with Crippen LogP contribution in [0.1, 0.15) is 5.56 Å². The molecule has 0 aromatic heterocycles. The lowest BCUT2D eigenvalue weighted by atomic mass is 10.1. The molecule has 12 heavy (non-hydrogen) atoms. The van der Waals surface area contributed by atoms with Crippen molar-refractivity contribution in [1.82, 2.24) is 0 Å². The number of halogens is 2. The molecule has 0 radical (unpaired) electrons. The zero-order valence-electron chi connectivity index (χ0n) is 6.70. The number of anilines is 1. The van der Waals surface area contributed by atoms with E-state index in [4.69, 9.17) is 11.6 Å². The van der Waals surface area contributed by atoms with Crippen LogP contribution in [0.25, 0.3) is 5.83 Å². The number of benzene rings is 1. The lowest BCUT2D eigenvalue weighted by Gasteiger charge is -2.06. The molecule has 0 aliphatic heterocycles. The van der Waals surface area contributed by atoms with Crippen molar-refractivity contribution in [2.75, 3.05) is 12.4 Å². The van der Waals surface area contributed by atoms with Gasteiger partial charge in [0, 0.05) is 23.3 Å². The third-order valence-electron chi connectivity index (χ3n) is 1.54. The molecule has 0 saturated carbocycles. The Kier molecular flexibility index (Phi) is 2.71. The van der Waals surface area contributed by atoms with E-state index in [9.17, 15) is 4.39 Å². The third-order valence-corrected chi connectivity index (χ3v) is 1.78. The molecule has 0 aliphatic carbocycles. The minimum atomic E-state index is -0.462. The highest BCUT2D eigenvalue weighted by atomic mass is 35.5. The monoisotopic (exact) mass is 185 g/mol. The van der Waals surface area contributed by atoms with E-state index in [1.54, 1.807) is 25.2 Å². The predicted octanol–water partition coefficient (Wildman–Crippen LogP) is 3.32. The number of rotatable bonds is 2. The van der Waals surface area contributed by atoms with Crippen LogP contribution in [0, 0.1) is 0 Å². The number of hydrogen-bond acceptors (Lipinski definition) is 1. The van der Waals surface area contributed by atoms with Crippen LogP contribution in [0.4, 0.5) is 10.1 Å². The SMILES string of the molecule is C=C(F)c1ccc(Cl)cc1NC. The Balaban J connectivity index is 3.20. The molecule has 3 heteroatoms. The standard InChI is InChI=1S/C9H9ClFN/c1-6(11)8-4-3-7(10)5-9(8)12-2/h3-5,12H,1H2,2H3. The zero-order chi connectivity index (χ0) is 9.14. The van der Waals surface area contributed by atoms with Gasteiger partial charge in [-0.2, -0.15) is 0 Å². The van der Waals surface area contributed by atoms with Gasteiger partial charge in [-0.3, -0.25) is 0 Å². The van der Waals surface area contributed by atoms with Crippen LogP contribution in [0.2, 0.25) is 5.02 Å². The number of nitrogens with one attached hydrogen (secondary N) is 1. The van der Waals surface area contributed by atoms with Crippen molar-refractivity contribution >= 4 is 23.1 Å². The summed E-state index contributed by atoms with van der Waals surface area (Å²) in [6.07, 6.45) is 0. The average Bonchev–Trinajstić information content (AvgIpc) is 2.03. The molecular formula is C9H9ClFN. The minimum absolute atomic E-state index is 0.446. The van der Waals surface area contributed by atoms with E-state index < -0.39 is 5.83 Å². The summed E-state index contributed by atoms with van der Waals surface area (Å²) in [6, 6.07) is 4.88. The lowest BCUT2D eigenvalue weighted by molar-refractivity contribution is 0.764. The van der Waals surface area contributed by atoms with Gasteiger partial charge in [-0.1, -0.05) is 18.2 Å². The summed E-state index contributed by atoms with van der Waals surface area (Å²) < 4.78 is 12.7. The van der Waals surface area contributed by atoms with Crippen molar-refractivity contribution in [3.05, 3.63) is 35.4 Å².